The van der Waals surface area contributed by atoms with E-state index in [4.69, 9.17) is 10.2 Å². The van der Waals surface area contributed by atoms with Crippen LogP contribution in [0.4, 0.5) is 0 Å². The van der Waals surface area contributed by atoms with Crippen LogP contribution in [0.1, 0.15) is 13.8 Å². The van der Waals surface area contributed by atoms with E-state index in [2.05, 4.69) is 5.32 Å². The van der Waals surface area contributed by atoms with Gasteiger partial charge in [-0.1, -0.05) is 0 Å². The number of amides is 1. The lowest BCUT2D eigenvalue weighted by atomic mass is 10.0. The van der Waals surface area contributed by atoms with Gasteiger partial charge in [0.25, 0.3) is 0 Å². The number of hydrogen-bond donors (Lipinski definition) is 5. The van der Waals surface area contributed by atoms with Gasteiger partial charge in [-0.25, -0.2) is 0 Å². The molecule has 1 amide bonds. The van der Waals surface area contributed by atoms with Gasteiger partial charge in [0.1, 0.15) is 18.3 Å². The Morgan fingerprint density at radius 3 is 2.14 bits per heavy atom. The standard InChI is InChI=1S/C8H17NO5/c1-4(9-5(2)11)7(13)8(14)6(12)3-10/h4,6-8,10,12-14H,3H2,1-2H3,(H,9,11)/t4-,6?,7?,8-/m1/s1. The lowest BCUT2D eigenvalue weighted by Crippen LogP contribution is -2.50. The highest BCUT2D eigenvalue weighted by Crippen LogP contribution is 2.04. The van der Waals surface area contributed by atoms with Crippen molar-refractivity contribution in [3.8, 4) is 0 Å². The smallest absolute Gasteiger partial charge is 0.217 e. The van der Waals surface area contributed by atoms with Crippen LogP contribution in [0.2, 0.25) is 0 Å². The molecule has 5 N–H and O–H groups in total. The number of rotatable bonds is 5. The Labute approximate surface area is 82.2 Å². The fourth-order valence-electron chi connectivity index (χ4n) is 1.04. The minimum atomic E-state index is -1.48. The van der Waals surface area contributed by atoms with Crippen molar-refractivity contribution in [2.45, 2.75) is 38.2 Å². The van der Waals surface area contributed by atoms with E-state index in [0.717, 1.165) is 0 Å². The van der Waals surface area contributed by atoms with Gasteiger partial charge in [0.05, 0.1) is 12.6 Å². The molecule has 0 aromatic rings. The maximum Gasteiger partial charge on any atom is 0.217 e. The predicted octanol–water partition coefficient (Wildman–Crippen LogP) is -2.41. The Bertz CT molecular complexity index is 187. The number of nitrogens with one attached hydrogen (secondary N) is 1. The molecule has 0 saturated carbocycles. The second kappa shape index (κ2) is 5.92. The molecule has 0 aliphatic rings. The first-order valence-corrected chi connectivity index (χ1v) is 4.32. The third-order valence-corrected chi connectivity index (χ3v) is 1.87. The van der Waals surface area contributed by atoms with E-state index < -0.39 is 31.0 Å². The van der Waals surface area contributed by atoms with Crippen LogP contribution in [0.25, 0.3) is 0 Å². The summed E-state index contributed by atoms with van der Waals surface area (Å²) in [5.41, 5.74) is 0. The van der Waals surface area contributed by atoms with Crippen LogP contribution in [-0.4, -0.2) is 57.3 Å². The predicted molar refractivity (Wildman–Crippen MR) is 48.4 cm³/mol. The molecule has 6 nitrogen and oxygen atoms in total. The summed E-state index contributed by atoms with van der Waals surface area (Å²) in [4.78, 5) is 10.6. The Hall–Kier alpha value is -0.690. The molecule has 84 valence electrons. The summed E-state index contributed by atoms with van der Waals surface area (Å²) < 4.78 is 0. The molecule has 0 fully saturated rings. The molecule has 0 aliphatic carbocycles. The highest BCUT2D eigenvalue weighted by molar-refractivity contribution is 5.73. The Balaban J connectivity index is 4.15. The lowest BCUT2D eigenvalue weighted by molar-refractivity contribution is -0.123. The van der Waals surface area contributed by atoms with Crippen LogP contribution >= 0.6 is 0 Å². The van der Waals surface area contributed by atoms with Crippen LogP contribution < -0.4 is 5.32 Å². The van der Waals surface area contributed by atoms with Gasteiger partial charge in [0.2, 0.25) is 5.91 Å². The zero-order valence-electron chi connectivity index (χ0n) is 8.21. The molecule has 0 heterocycles. The third-order valence-electron chi connectivity index (χ3n) is 1.87. The molecule has 0 bridgehead atoms. The van der Waals surface area contributed by atoms with E-state index in [1.165, 1.54) is 13.8 Å². The van der Waals surface area contributed by atoms with Gasteiger partial charge in [-0.05, 0) is 6.92 Å². The van der Waals surface area contributed by atoms with Gasteiger partial charge in [-0.2, -0.15) is 0 Å². The third kappa shape index (κ3) is 4.01. The van der Waals surface area contributed by atoms with Crippen molar-refractivity contribution in [1.82, 2.24) is 5.32 Å². The second-order valence-corrected chi connectivity index (χ2v) is 3.22. The quantitative estimate of drug-likeness (QED) is 0.345. The van der Waals surface area contributed by atoms with Crippen molar-refractivity contribution >= 4 is 5.91 Å². The van der Waals surface area contributed by atoms with Crippen molar-refractivity contribution in [3.05, 3.63) is 0 Å². The monoisotopic (exact) mass is 207 g/mol. The maximum atomic E-state index is 10.6. The first-order chi connectivity index (χ1) is 6.40. The Morgan fingerprint density at radius 2 is 1.79 bits per heavy atom. The van der Waals surface area contributed by atoms with Crippen LogP contribution in [0.15, 0.2) is 0 Å². The summed E-state index contributed by atoms with van der Waals surface area (Å²) in [6.45, 7) is 2.11. The molecule has 0 radical (unpaired) electrons. The first kappa shape index (κ1) is 13.3. The van der Waals surface area contributed by atoms with Gasteiger partial charge in [0, 0.05) is 6.92 Å². The molecule has 14 heavy (non-hydrogen) atoms. The van der Waals surface area contributed by atoms with Gasteiger partial charge in [-0.3, -0.25) is 4.79 Å². The Morgan fingerprint density at radius 1 is 1.29 bits per heavy atom. The summed E-state index contributed by atoms with van der Waals surface area (Å²) in [7, 11) is 0. The molecule has 0 spiro atoms. The minimum absolute atomic E-state index is 0.345. The summed E-state index contributed by atoms with van der Waals surface area (Å²) in [5.74, 6) is -0.345. The fraction of sp³-hybridized carbons (Fsp3) is 0.875. The van der Waals surface area contributed by atoms with Crippen molar-refractivity contribution in [3.63, 3.8) is 0 Å². The summed E-state index contributed by atoms with van der Waals surface area (Å²) in [6.07, 6.45) is -4.22. The second-order valence-electron chi connectivity index (χ2n) is 3.22. The minimum Gasteiger partial charge on any atom is -0.394 e. The SMILES string of the molecule is CC(=O)N[C@H](C)C(O)[C@H](O)C(O)CO. The van der Waals surface area contributed by atoms with E-state index in [1.54, 1.807) is 0 Å². The number of hydrogen-bond acceptors (Lipinski definition) is 5. The molecule has 0 aromatic heterocycles. The van der Waals surface area contributed by atoms with Crippen molar-refractivity contribution in [1.29, 1.82) is 0 Å². The Kier molecular flexibility index (Phi) is 5.63. The van der Waals surface area contributed by atoms with E-state index >= 15 is 0 Å². The van der Waals surface area contributed by atoms with Crippen LogP contribution in [0, 0.1) is 0 Å². The summed E-state index contributed by atoms with van der Waals surface area (Å²) >= 11 is 0. The number of aliphatic hydroxyl groups is 4. The number of aliphatic hydroxyl groups excluding tert-OH is 4. The van der Waals surface area contributed by atoms with Gasteiger partial charge < -0.3 is 25.7 Å². The average molecular weight is 207 g/mol. The van der Waals surface area contributed by atoms with Crippen molar-refractivity contribution in [2.75, 3.05) is 6.61 Å². The molecular formula is C8H17NO5. The van der Waals surface area contributed by atoms with Crippen LogP contribution in [0.5, 0.6) is 0 Å². The van der Waals surface area contributed by atoms with Crippen molar-refractivity contribution < 1.29 is 25.2 Å². The topological polar surface area (TPSA) is 110 Å². The highest BCUT2D eigenvalue weighted by atomic mass is 16.4. The molecule has 0 rings (SSSR count). The van der Waals surface area contributed by atoms with E-state index in [1.807, 2.05) is 0 Å². The average Bonchev–Trinajstić information content (AvgIpc) is 2.13. The molecule has 4 atom stereocenters. The fourth-order valence-corrected chi connectivity index (χ4v) is 1.04. The largest absolute Gasteiger partial charge is 0.394 e. The zero-order valence-corrected chi connectivity index (χ0v) is 8.21. The zero-order chi connectivity index (χ0) is 11.3. The number of carbonyl (C=O) groups excluding carboxylic acids is 1. The molecular weight excluding hydrogens is 190 g/mol. The van der Waals surface area contributed by atoms with Gasteiger partial charge in [-0.15, -0.1) is 0 Å². The molecule has 0 aromatic carbocycles. The van der Waals surface area contributed by atoms with Crippen LogP contribution in [0.3, 0.4) is 0 Å². The maximum absolute atomic E-state index is 10.6. The number of carbonyl (C=O) groups is 1. The lowest BCUT2D eigenvalue weighted by Gasteiger charge is -2.26. The van der Waals surface area contributed by atoms with E-state index in [0.29, 0.717) is 0 Å². The summed E-state index contributed by atoms with van der Waals surface area (Å²) in [6, 6.07) is -0.691. The summed E-state index contributed by atoms with van der Waals surface area (Å²) in [5, 5.41) is 38.5. The van der Waals surface area contributed by atoms with Crippen molar-refractivity contribution in [2.24, 2.45) is 0 Å². The molecule has 0 saturated heterocycles. The van der Waals surface area contributed by atoms with E-state index in [-0.39, 0.29) is 5.91 Å². The molecule has 0 aliphatic heterocycles. The molecule has 2 unspecified atom stereocenters. The normalized spacial score (nSPS) is 19.6. The molecule has 6 heteroatoms. The van der Waals surface area contributed by atoms with Gasteiger partial charge in [0.15, 0.2) is 0 Å². The van der Waals surface area contributed by atoms with Crippen LogP contribution in [-0.2, 0) is 4.79 Å². The van der Waals surface area contributed by atoms with Gasteiger partial charge >= 0.3 is 0 Å². The first-order valence-electron chi connectivity index (χ1n) is 4.32. The van der Waals surface area contributed by atoms with E-state index in [9.17, 15) is 15.0 Å². The highest BCUT2D eigenvalue weighted by Gasteiger charge is 2.28.